The number of fused-ring (bicyclic) bond motifs is 2. The first-order chi connectivity index (χ1) is 18.8. The largest absolute Gasteiger partial charge is 0.486 e. The molecule has 1 aliphatic carbocycles. The molecule has 0 spiro atoms. The van der Waals surface area contributed by atoms with Crippen molar-refractivity contribution in [1.82, 2.24) is 4.90 Å². The van der Waals surface area contributed by atoms with E-state index in [1.54, 1.807) is 6.07 Å². The van der Waals surface area contributed by atoms with Crippen molar-refractivity contribution in [3.63, 3.8) is 0 Å². The van der Waals surface area contributed by atoms with Gasteiger partial charge in [-0.2, -0.15) is 0 Å². The summed E-state index contributed by atoms with van der Waals surface area (Å²) in [4.78, 5) is 25.7. The molecule has 6 rings (SSSR count). The fourth-order valence-corrected chi connectivity index (χ4v) is 5.87. The third kappa shape index (κ3) is 4.70. The van der Waals surface area contributed by atoms with Crippen LogP contribution in [0.1, 0.15) is 46.0 Å². The number of nitro groups is 1. The van der Waals surface area contributed by atoms with Crippen LogP contribution >= 0.6 is 0 Å². The summed E-state index contributed by atoms with van der Waals surface area (Å²) in [6.07, 6.45) is 0.686. The van der Waals surface area contributed by atoms with Crippen LogP contribution in [-0.4, -0.2) is 53.2 Å². The number of non-ortho nitro benzene ring substituents is 1. The highest BCUT2D eigenvalue weighted by Crippen LogP contribution is 2.46. The molecule has 1 fully saturated rings. The van der Waals surface area contributed by atoms with Gasteiger partial charge in [0.1, 0.15) is 25.1 Å². The maximum absolute atomic E-state index is 14.1. The van der Waals surface area contributed by atoms with E-state index in [0.29, 0.717) is 62.6 Å². The van der Waals surface area contributed by atoms with E-state index in [2.05, 4.69) is 4.90 Å². The average molecular weight is 535 g/mol. The Hall–Kier alpha value is -4.02. The predicted octanol–water partition coefficient (Wildman–Crippen LogP) is 4.31. The smallest absolute Gasteiger partial charge is 0.338 e. The SMILES string of the molecule is O=C(O[C@@H]1c2ccc(F)cc2C[C@H]1N1CCC(O)(c2cccc3c2OCCO3)CC1)c1ccc([N+](=O)[O-])cc1. The fourth-order valence-electron chi connectivity index (χ4n) is 5.87. The number of nitro benzene ring substituents is 1. The number of rotatable bonds is 5. The van der Waals surface area contributed by atoms with Gasteiger partial charge in [-0.3, -0.25) is 15.0 Å². The molecule has 0 radical (unpaired) electrons. The highest BCUT2D eigenvalue weighted by molar-refractivity contribution is 5.90. The van der Waals surface area contributed by atoms with E-state index in [1.165, 1.54) is 36.4 Å². The summed E-state index contributed by atoms with van der Waals surface area (Å²) >= 11 is 0. The third-order valence-corrected chi connectivity index (χ3v) is 7.90. The number of hydrogen-bond donors (Lipinski definition) is 1. The van der Waals surface area contributed by atoms with Crippen LogP contribution in [0.4, 0.5) is 10.1 Å². The van der Waals surface area contributed by atoms with Crippen LogP contribution in [0.15, 0.2) is 60.7 Å². The molecule has 0 aromatic heterocycles. The first-order valence-corrected chi connectivity index (χ1v) is 12.9. The van der Waals surface area contributed by atoms with E-state index in [1.807, 2.05) is 18.2 Å². The number of esters is 1. The van der Waals surface area contributed by atoms with Crippen LogP contribution in [0.25, 0.3) is 0 Å². The lowest BCUT2D eigenvalue weighted by atomic mass is 9.83. The van der Waals surface area contributed by atoms with Gasteiger partial charge in [-0.15, -0.1) is 0 Å². The number of benzene rings is 3. The molecule has 0 saturated carbocycles. The van der Waals surface area contributed by atoms with Crippen LogP contribution in [0.5, 0.6) is 11.5 Å². The molecule has 202 valence electrons. The number of likely N-dealkylation sites (tertiary alicyclic amines) is 1. The summed E-state index contributed by atoms with van der Waals surface area (Å²) in [6.45, 7) is 1.93. The predicted molar refractivity (Wildman–Crippen MR) is 137 cm³/mol. The first kappa shape index (κ1) is 25.3. The molecule has 1 N–H and O–H groups in total. The summed E-state index contributed by atoms with van der Waals surface area (Å²) < 4.78 is 31.6. The van der Waals surface area contributed by atoms with Crippen molar-refractivity contribution in [2.24, 2.45) is 0 Å². The number of carbonyl (C=O) groups excluding carboxylic acids is 1. The van der Waals surface area contributed by atoms with Crippen LogP contribution in [0.2, 0.25) is 0 Å². The maximum atomic E-state index is 14.1. The quantitative estimate of drug-likeness (QED) is 0.293. The number of aliphatic hydroxyl groups is 1. The molecule has 3 aromatic carbocycles. The molecule has 10 heteroatoms. The van der Waals surface area contributed by atoms with Crippen molar-refractivity contribution < 1.29 is 33.4 Å². The highest BCUT2D eigenvalue weighted by Gasteiger charge is 2.44. The van der Waals surface area contributed by atoms with E-state index < -0.39 is 22.6 Å². The Labute approximate surface area is 223 Å². The second-order valence-corrected chi connectivity index (χ2v) is 10.1. The molecule has 2 atom stereocenters. The summed E-state index contributed by atoms with van der Waals surface area (Å²) in [5.41, 5.74) is 1.18. The number of para-hydroxylation sites is 1. The van der Waals surface area contributed by atoms with Gasteiger partial charge in [0.15, 0.2) is 11.5 Å². The number of carbonyl (C=O) groups is 1. The van der Waals surface area contributed by atoms with E-state index in [4.69, 9.17) is 14.2 Å². The molecule has 1 saturated heterocycles. The zero-order valence-electron chi connectivity index (χ0n) is 21.0. The van der Waals surface area contributed by atoms with Gasteiger partial charge < -0.3 is 19.3 Å². The van der Waals surface area contributed by atoms with E-state index >= 15 is 0 Å². The van der Waals surface area contributed by atoms with Gasteiger partial charge in [0.05, 0.1) is 22.1 Å². The first-order valence-electron chi connectivity index (χ1n) is 12.9. The van der Waals surface area contributed by atoms with Crippen LogP contribution in [-0.2, 0) is 16.8 Å². The molecule has 9 nitrogen and oxygen atoms in total. The number of nitrogens with zero attached hydrogens (tertiary/aromatic N) is 2. The molecular weight excluding hydrogens is 507 g/mol. The molecule has 0 unspecified atom stereocenters. The van der Waals surface area contributed by atoms with E-state index in [-0.39, 0.29) is 23.1 Å². The van der Waals surface area contributed by atoms with E-state index in [0.717, 1.165) is 11.1 Å². The normalized spacial score (nSPS) is 21.7. The second kappa shape index (κ2) is 9.94. The fraction of sp³-hybridized carbons (Fsp3) is 0.345. The lowest BCUT2D eigenvalue weighted by molar-refractivity contribution is -0.384. The standard InChI is InChI=1S/C29H27FN2O7/c30-20-6-9-22-19(16-20)17-24(26(22)39-28(33)18-4-7-21(8-5-18)32(35)36)31-12-10-29(34,11-13-31)23-2-1-3-25-27(23)38-15-14-37-25/h1-9,16,24,26,34H,10-15,17H2/t24-,26-/m1/s1. The average Bonchev–Trinajstić information content (AvgIpc) is 3.30. The van der Waals surface area contributed by atoms with Crippen LogP contribution in [0.3, 0.4) is 0 Å². The number of halogens is 1. The molecule has 3 aliphatic rings. The van der Waals surface area contributed by atoms with Gasteiger partial charge in [-0.1, -0.05) is 18.2 Å². The van der Waals surface area contributed by atoms with Crippen LogP contribution < -0.4 is 9.47 Å². The number of hydrogen-bond acceptors (Lipinski definition) is 8. The van der Waals surface area contributed by atoms with Gasteiger partial charge >= 0.3 is 5.97 Å². The molecule has 3 aromatic rings. The molecule has 2 heterocycles. The summed E-state index contributed by atoms with van der Waals surface area (Å²) in [7, 11) is 0. The van der Waals surface area contributed by atoms with Crippen molar-refractivity contribution in [2.45, 2.75) is 37.0 Å². The van der Waals surface area contributed by atoms with Crippen molar-refractivity contribution >= 4 is 11.7 Å². The molecule has 39 heavy (non-hydrogen) atoms. The zero-order valence-corrected chi connectivity index (χ0v) is 21.0. The Morgan fingerprint density at radius 2 is 1.82 bits per heavy atom. The van der Waals surface area contributed by atoms with Gasteiger partial charge in [0, 0.05) is 30.8 Å². The molecule has 2 aliphatic heterocycles. The Balaban J connectivity index is 1.22. The Morgan fingerprint density at radius 1 is 1.08 bits per heavy atom. The minimum absolute atomic E-state index is 0.122. The summed E-state index contributed by atoms with van der Waals surface area (Å²) in [5, 5.41) is 22.6. The highest BCUT2D eigenvalue weighted by atomic mass is 19.1. The second-order valence-electron chi connectivity index (χ2n) is 10.1. The van der Waals surface area contributed by atoms with Gasteiger partial charge in [0.2, 0.25) is 0 Å². The Morgan fingerprint density at radius 3 is 2.56 bits per heavy atom. The third-order valence-electron chi connectivity index (χ3n) is 7.90. The summed E-state index contributed by atoms with van der Waals surface area (Å²) in [5.74, 6) is 0.233. The molecular formula is C29H27FN2O7. The molecule has 0 bridgehead atoms. The number of ether oxygens (including phenoxy) is 3. The van der Waals surface area contributed by atoms with Crippen LogP contribution in [0, 0.1) is 15.9 Å². The van der Waals surface area contributed by atoms with E-state index in [9.17, 15) is 24.4 Å². The van der Waals surface area contributed by atoms with Crippen molar-refractivity contribution in [3.8, 4) is 11.5 Å². The van der Waals surface area contributed by atoms with Gasteiger partial charge in [-0.25, -0.2) is 9.18 Å². The topological polar surface area (TPSA) is 111 Å². The summed E-state index contributed by atoms with van der Waals surface area (Å²) in [6, 6.07) is 15.0. The Kier molecular flexibility index (Phi) is 6.44. The monoisotopic (exact) mass is 534 g/mol. The van der Waals surface area contributed by atoms with Crippen molar-refractivity contribution in [3.05, 3.63) is 98.8 Å². The minimum Gasteiger partial charge on any atom is -0.486 e. The zero-order chi connectivity index (χ0) is 27.1. The minimum atomic E-state index is -1.11. The number of piperidine rings is 1. The lowest BCUT2D eigenvalue weighted by Crippen LogP contribution is -2.49. The van der Waals surface area contributed by atoms with Crippen molar-refractivity contribution in [1.29, 1.82) is 0 Å². The Bertz CT molecular complexity index is 1420. The lowest BCUT2D eigenvalue weighted by Gasteiger charge is -2.43. The van der Waals surface area contributed by atoms with Gasteiger partial charge in [0.25, 0.3) is 5.69 Å². The van der Waals surface area contributed by atoms with Gasteiger partial charge in [-0.05, 0) is 60.7 Å². The van der Waals surface area contributed by atoms with Crippen molar-refractivity contribution in [2.75, 3.05) is 26.3 Å². The molecule has 0 amide bonds. The maximum Gasteiger partial charge on any atom is 0.338 e.